The lowest BCUT2D eigenvalue weighted by Gasteiger charge is -2.21. The number of hydrogen-bond donors (Lipinski definition) is 0. The third kappa shape index (κ3) is 5.11. The van der Waals surface area contributed by atoms with Crippen molar-refractivity contribution >= 4 is 0 Å². The van der Waals surface area contributed by atoms with Gasteiger partial charge in [-0.3, -0.25) is 0 Å². The van der Waals surface area contributed by atoms with Gasteiger partial charge in [0, 0.05) is 12.1 Å². The van der Waals surface area contributed by atoms with Crippen LogP contribution in [0.2, 0.25) is 0 Å². The van der Waals surface area contributed by atoms with Gasteiger partial charge in [-0.1, -0.05) is 37.1 Å². The zero-order chi connectivity index (χ0) is 25.5. The van der Waals surface area contributed by atoms with Crippen LogP contribution in [0.4, 0.5) is 39.5 Å². The van der Waals surface area contributed by atoms with E-state index in [1.807, 2.05) is 0 Å². The monoisotopic (exact) mass is 504 g/mol. The summed E-state index contributed by atoms with van der Waals surface area (Å²) in [5.41, 5.74) is -2.77. The number of halogens is 9. The molecule has 0 radical (unpaired) electrons. The number of alkyl halides is 5. The maximum absolute atomic E-state index is 14.6. The normalized spacial score (nSPS) is 15.0. The Balaban J connectivity index is 1.61. The fraction of sp³-hybridized carbons (Fsp3) is 0.280. The fourth-order valence-electron chi connectivity index (χ4n) is 4.30. The summed E-state index contributed by atoms with van der Waals surface area (Å²) in [6.07, 6.45) is -5.91. The SMILES string of the molecule is Fc1cc(OC(F)(F)c2c(F)cc(-c3ccc(C4CCCC4)cc3)cc2F)cc(F)c1C(F)(F)F. The highest BCUT2D eigenvalue weighted by Crippen LogP contribution is 2.40. The first-order chi connectivity index (χ1) is 16.4. The van der Waals surface area contributed by atoms with Crippen molar-refractivity contribution in [2.75, 3.05) is 0 Å². The summed E-state index contributed by atoms with van der Waals surface area (Å²) in [6, 6.07) is 7.85. The second kappa shape index (κ2) is 9.13. The average Bonchev–Trinajstić information content (AvgIpc) is 3.26. The number of ether oxygens (including phenoxy) is 1. The van der Waals surface area contributed by atoms with E-state index in [0.29, 0.717) is 23.6 Å². The van der Waals surface area contributed by atoms with Crippen molar-refractivity contribution in [1.29, 1.82) is 0 Å². The molecule has 3 aromatic carbocycles. The lowest BCUT2D eigenvalue weighted by atomic mass is 9.94. The largest absolute Gasteiger partial charge is 0.432 e. The van der Waals surface area contributed by atoms with Gasteiger partial charge in [0.2, 0.25) is 0 Å². The van der Waals surface area contributed by atoms with Crippen LogP contribution in [0.3, 0.4) is 0 Å². The second-order valence-electron chi connectivity index (χ2n) is 8.30. The molecule has 0 unspecified atom stereocenters. The van der Waals surface area contributed by atoms with Crippen LogP contribution in [0.25, 0.3) is 11.1 Å². The van der Waals surface area contributed by atoms with Gasteiger partial charge in [0.25, 0.3) is 0 Å². The van der Waals surface area contributed by atoms with Gasteiger partial charge in [-0.05, 0) is 47.6 Å². The summed E-state index contributed by atoms with van der Waals surface area (Å²) in [7, 11) is 0. The maximum atomic E-state index is 14.6. The Labute approximate surface area is 194 Å². The van der Waals surface area contributed by atoms with E-state index in [1.54, 1.807) is 24.3 Å². The van der Waals surface area contributed by atoms with Crippen LogP contribution in [-0.2, 0) is 12.3 Å². The van der Waals surface area contributed by atoms with Crippen molar-refractivity contribution in [3.8, 4) is 16.9 Å². The zero-order valence-electron chi connectivity index (χ0n) is 17.8. The van der Waals surface area contributed by atoms with Gasteiger partial charge < -0.3 is 4.74 Å². The minimum Gasteiger partial charge on any atom is -0.429 e. The highest BCUT2D eigenvalue weighted by molar-refractivity contribution is 5.64. The summed E-state index contributed by atoms with van der Waals surface area (Å²) in [4.78, 5) is 0. The van der Waals surface area contributed by atoms with E-state index in [4.69, 9.17) is 0 Å². The van der Waals surface area contributed by atoms with Gasteiger partial charge in [-0.15, -0.1) is 0 Å². The van der Waals surface area contributed by atoms with Gasteiger partial charge >= 0.3 is 12.3 Å². The van der Waals surface area contributed by atoms with Gasteiger partial charge in [0.15, 0.2) is 0 Å². The summed E-state index contributed by atoms with van der Waals surface area (Å²) in [6.45, 7) is 0. The summed E-state index contributed by atoms with van der Waals surface area (Å²) in [5, 5.41) is 0. The second-order valence-corrected chi connectivity index (χ2v) is 8.30. The van der Waals surface area contributed by atoms with E-state index < -0.39 is 52.4 Å². The van der Waals surface area contributed by atoms with E-state index in [9.17, 15) is 39.5 Å². The maximum Gasteiger partial charge on any atom is 0.432 e. The molecule has 1 fully saturated rings. The van der Waals surface area contributed by atoms with Crippen molar-refractivity contribution in [2.45, 2.75) is 43.9 Å². The smallest absolute Gasteiger partial charge is 0.429 e. The molecule has 0 amide bonds. The Morgan fingerprint density at radius 2 is 1.11 bits per heavy atom. The van der Waals surface area contributed by atoms with Crippen LogP contribution >= 0.6 is 0 Å². The molecule has 1 aliphatic carbocycles. The molecule has 186 valence electrons. The van der Waals surface area contributed by atoms with E-state index >= 15 is 0 Å². The Morgan fingerprint density at radius 3 is 1.60 bits per heavy atom. The Morgan fingerprint density at radius 1 is 0.629 bits per heavy atom. The first-order valence-electron chi connectivity index (χ1n) is 10.6. The van der Waals surface area contributed by atoms with Crippen molar-refractivity contribution < 1.29 is 44.3 Å². The molecule has 0 bridgehead atoms. The van der Waals surface area contributed by atoms with Crippen LogP contribution in [0.1, 0.15) is 48.3 Å². The lowest BCUT2D eigenvalue weighted by Crippen LogP contribution is -2.25. The Hall–Kier alpha value is -3.17. The van der Waals surface area contributed by atoms with Crippen molar-refractivity contribution in [1.82, 2.24) is 0 Å². The molecule has 3 aromatic rings. The summed E-state index contributed by atoms with van der Waals surface area (Å²) >= 11 is 0. The van der Waals surface area contributed by atoms with Crippen LogP contribution in [0.15, 0.2) is 48.5 Å². The molecule has 0 aliphatic heterocycles. The van der Waals surface area contributed by atoms with Crippen molar-refractivity contribution in [2.24, 2.45) is 0 Å². The van der Waals surface area contributed by atoms with Gasteiger partial charge in [-0.25, -0.2) is 17.6 Å². The van der Waals surface area contributed by atoms with Crippen molar-refractivity contribution in [3.05, 3.63) is 88.5 Å². The summed E-state index contributed by atoms with van der Waals surface area (Å²) in [5.74, 6) is -8.85. The molecule has 0 heterocycles. The van der Waals surface area contributed by atoms with Crippen molar-refractivity contribution in [3.63, 3.8) is 0 Å². The van der Waals surface area contributed by atoms with E-state index in [2.05, 4.69) is 4.74 Å². The van der Waals surface area contributed by atoms with Gasteiger partial charge in [0.05, 0.1) is 0 Å². The van der Waals surface area contributed by atoms with Crippen LogP contribution in [-0.4, -0.2) is 0 Å². The predicted molar refractivity (Wildman–Crippen MR) is 109 cm³/mol. The lowest BCUT2D eigenvalue weighted by molar-refractivity contribution is -0.189. The molecule has 1 aliphatic rings. The highest BCUT2D eigenvalue weighted by Gasteiger charge is 2.43. The Kier molecular flexibility index (Phi) is 6.50. The quantitative estimate of drug-likeness (QED) is 0.316. The molecule has 0 spiro atoms. The molecule has 35 heavy (non-hydrogen) atoms. The zero-order valence-corrected chi connectivity index (χ0v) is 17.8. The molecule has 10 heteroatoms. The van der Waals surface area contributed by atoms with Crippen LogP contribution in [0, 0.1) is 23.3 Å². The molecular weight excluding hydrogens is 487 g/mol. The molecule has 0 N–H and O–H groups in total. The van der Waals surface area contributed by atoms with Gasteiger partial charge in [-0.2, -0.15) is 22.0 Å². The minimum absolute atomic E-state index is 0.0378. The van der Waals surface area contributed by atoms with E-state index in [0.717, 1.165) is 31.2 Å². The first kappa shape index (κ1) is 24.9. The molecule has 0 saturated heterocycles. The number of hydrogen-bond acceptors (Lipinski definition) is 1. The number of benzene rings is 3. The topological polar surface area (TPSA) is 9.23 Å². The predicted octanol–water partition coefficient (Wildman–Crippen LogP) is 8.71. The minimum atomic E-state index is -5.43. The van der Waals surface area contributed by atoms with Gasteiger partial charge in [0.1, 0.15) is 40.1 Å². The fourth-order valence-corrected chi connectivity index (χ4v) is 4.30. The molecule has 0 aromatic heterocycles. The van der Waals surface area contributed by atoms with Crippen LogP contribution < -0.4 is 4.74 Å². The molecule has 1 saturated carbocycles. The third-order valence-corrected chi connectivity index (χ3v) is 5.95. The summed E-state index contributed by atoms with van der Waals surface area (Å²) < 4.78 is 128. The highest BCUT2D eigenvalue weighted by atomic mass is 19.4. The molecular formula is C25H17F9O. The number of rotatable bonds is 5. The third-order valence-electron chi connectivity index (χ3n) is 5.95. The first-order valence-corrected chi connectivity index (χ1v) is 10.6. The van der Waals surface area contributed by atoms with Crippen LogP contribution in [0.5, 0.6) is 5.75 Å². The van der Waals surface area contributed by atoms with E-state index in [-0.39, 0.29) is 17.7 Å². The molecule has 4 rings (SSSR count). The Bertz CT molecular complexity index is 1180. The van der Waals surface area contributed by atoms with E-state index in [1.165, 1.54) is 0 Å². The molecule has 0 atom stereocenters. The molecule has 1 nitrogen and oxygen atoms in total. The standard InChI is InChI=1S/C25H17F9O/c26-18-9-16(15-7-5-14(6-8-15)13-3-1-2-4-13)10-19(27)23(18)25(33,34)35-17-11-20(28)22(21(29)12-17)24(30,31)32/h5-13H,1-4H2. The average molecular weight is 504 g/mol.